The number of aliphatic hydroxyl groups is 1. The van der Waals surface area contributed by atoms with Gasteiger partial charge in [-0.1, -0.05) is 60.8 Å². The van der Waals surface area contributed by atoms with Gasteiger partial charge in [0.15, 0.2) is 0 Å². The second kappa shape index (κ2) is 12.9. The Labute approximate surface area is 235 Å². The molecule has 3 nitrogen and oxygen atoms in total. The molecule has 3 heteroatoms. The van der Waals surface area contributed by atoms with Gasteiger partial charge in [0.25, 0.3) is 0 Å². The normalized spacial score (nSPS) is 40.2. The van der Waals surface area contributed by atoms with Crippen molar-refractivity contribution in [3.05, 3.63) is 0 Å². The highest BCUT2D eigenvalue weighted by Crippen LogP contribution is 2.68. The first-order valence-corrected chi connectivity index (χ1v) is 16.9. The van der Waals surface area contributed by atoms with Crippen LogP contribution in [-0.4, -0.2) is 23.8 Å². The Morgan fingerprint density at radius 2 is 1.63 bits per heavy atom. The Balaban J connectivity index is 1.33. The monoisotopic (exact) mass is 530 g/mol. The molecule has 1 N–H and O–H groups in total. The van der Waals surface area contributed by atoms with Crippen molar-refractivity contribution in [2.45, 2.75) is 150 Å². The number of carbonyl (C=O) groups excluding carboxylic acids is 1. The third kappa shape index (κ3) is 6.18. The van der Waals surface area contributed by atoms with Gasteiger partial charge < -0.3 is 9.84 Å². The summed E-state index contributed by atoms with van der Waals surface area (Å²) in [7, 11) is 0. The molecule has 0 amide bonds. The van der Waals surface area contributed by atoms with Gasteiger partial charge in [0.05, 0.1) is 0 Å². The Hall–Kier alpha value is -0.570. The second-order valence-corrected chi connectivity index (χ2v) is 15.3. The van der Waals surface area contributed by atoms with Crippen LogP contribution in [0.5, 0.6) is 0 Å². The van der Waals surface area contributed by atoms with E-state index in [9.17, 15) is 4.79 Å². The van der Waals surface area contributed by atoms with Gasteiger partial charge in [-0.2, -0.15) is 0 Å². The van der Waals surface area contributed by atoms with Gasteiger partial charge in [0.2, 0.25) is 0 Å². The van der Waals surface area contributed by atoms with Crippen LogP contribution in [0.25, 0.3) is 0 Å². The molecular weight excluding hydrogens is 468 g/mol. The summed E-state index contributed by atoms with van der Waals surface area (Å²) in [5, 5.41) is 8.96. The van der Waals surface area contributed by atoms with Crippen molar-refractivity contribution in [1.29, 1.82) is 0 Å². The Bertz CT molecular complexity index is 762. The molecule has 0 saturated heterocycles. The SMILES string of the molecule is CC[C@H](CC[C@@H](C)[C@H]1CC[C@H]2[C@@H]3CC[C@H]4C[C@@H](OC(=O)CCCCCO)CC[C@]4(C)[C@H]3CC[C@]12C)C(C)C. The van der Waals surface area contributed by atoms with Gasteiger partial charge in [0, 0.05) is 13.0 Å². The number of esters is 1. The topological polar surface area (TPSA) is 46.5 Å². The number of unbranched alkanes of at least 4 members (excludes halogenated alkanes) is 2. The van der Waals surface area contributed by atoms with Crippen LogP contribution < -0.4 is 0 Å². The molecule has 220 valence electrons. The van der Waals surface area contributed by atoms with E-state index in [0.29, 0.717) is 17.3 Å². The summed E-state index contributed by atoms with van der Waals surface area (Å²) >= 11 is 0. The minimum atomic E-state index is -0.0107. The standard InChI is InChI=1S/C35H62O3/c1-7-26(24(2)3)13-12-25(4)30-16-17-31-29-15-14-27-23-28(38-33(37)11-9-8-10-22-36)18-20-34(27,5)32(29)19-21-35(30,31)6/h24-32,36H,7-23H2,1-6H3/t25-,26-,27+,28+,29+,30-,31+,32+,34+,35-/m1/s1. The van der Waals surface area contributed by atoms with Crippen molar-refractivity contribution in [2.75, 3.05) is 6.61 Å². The Morgan fingerprint density at radius 3 is 2.34 bits per heavy atom. The zero-order chi connectivity index (χ0) is 27.5. The maximum Gasteiger partial charge on any atom is 0.306 e. The predicted molar refractivity (Wildman–Crippen MR) is 158 cm³/mol. The van der Waals surface area contributed by atoms with E-state index < -0.39 is 0 Å². The fourth-order valence-electron chi connectivity index (χ4n) is 10.8. The smallest absolute Gasteiger partial charge is 0.306 e. The number of aliphatic hydroxyl groups excluding tert-OH is 1. The van der Waals surface area contributed by atoms with Gasteiger partial charge in [-0.25, -0.2) is 0 Å². The lowest BCUT2D eigenvalue weighted by Crippen LogP contribution is -2.54. The van der Waals surface area contributed by atoms with Crippen molar-refractivity contribution in [2.24, 2.45) is 58.2 Å². The second-order valence-electron chi connectivity index (χ2n) is 15.3. The molecule has 4 aliphatic rings. The molecule has 0 unspecified atom stereocenters. The van der Waals surface area contributed by atoms with Crippen LogP contribution in [0, 0.1) is 58.2 Å². The number of ether oxygens (including phenoxy) is 1. The summed E-state index contributed by atoms with van der Waals surface area (Å²) in [6, 6.07) is 0. The Kier molecular flexibility index (Phi) is 10.4. The van der Waals surface area contributed by atoms with Crippen molar-refractivity contribution in [3.63, 3.8) is 0 Å². The van der Waals surface area contributed by atoms with Crippen molar-refractivity contribution in [3.8, 4) is 0 Å². The number of hydrogen-bond acceptors (Lipinski definition) is 3. The van der Waals surface area contributed by atoms with Crippen LogP contribution in [0.3, 0.4) is 0 Å². The summed E-state index contributed by atoms with van der Waals surface area (Å²) in [6.45, 7) is 15.4. The molecule has 4 rings (SSSR count). The maximum absolute atomic E-state index is 12.4. The first kappa shape index (κ1) is 30.4. The van der Waals surface area contributed by atoms with E-state index in [-0.39, 0.29) is 18.7 Å². The summed E-state index contributed by atoms with van der Waals surface area (Å²) in [6.07, 6.45) is 19.4. The van der Waals surface area contributed by atoms with Crippen molar-refractivity contribution >= 4 is 5.97 Å². The molecule has 10 atom stereocenters. The van der Waals surface area contributed by atoms with E-state index >= 15 is 0 Å². The molecule has 0 aromatic rings. The van der Waals surface area contributed by atoms with E-state index in [1.54, 1.807) is 0 Å². The molecule has 0 radical (unpaired) electrons. The molecule has 0 spiro atoms. The summed E-state index contributed by atoms with van der Waals surface area (Å²) in [5.74, 6) is 6.98. The van der Waals surface area contributed by atoms with Crippen LogP contribution in [0.15, 0.2) is 0 Å². The van der Waals surface area contributed by atoms with Crippen molar-refractivity contribution < 1.29 is 14.6 Å². The van der Waals surface area contributed by atoms with Gasteiger partial charge in [-0.15, -0.1) is 0 Å². The fraction of sp³-hybridized carbons (Fsp3) is 0.971. The first-order valence-electron chi connectivity index (χ1n) is 16.9. The van der Waals surface area contributed by atoms with E-state index in [1.165, 1.54) is 64.2 Å². The zero-order valence-corrected chi connectivity index (χ0v) is 26.0. The number of rotatable bonds is 12. The molecule has 4 fully saturated rings. The highest BCUT2D eigenvalue weighted by atomic mass is 16.5. The van der Waals surface area contributed by atoms with E-state index in [2.05, 4.69) is 41.5 Å². The number of fused-ring (bicyclic) bond motifs is 5. The molecule has 0 heterocycles. The van der Waals surface area contributed by atoms with E-state index in [0.717, 1.165) is 79.4 Å². The van der Waals surface area contributed by atoms with Gasteiger partial charge >= 0.3 is 5.97 Å². The average molecular weight is 531 g/mol. The van der Waals surface area contributed by atoms with E-state index in [1.807, 2.05) is 0 Å². The third-order valence-corrected chi connectivity index (χ3v) is 13.2. The quantitative estimate of drug-likeness (QED) is 0.202. The lowest BCUT2D eigenvalue weighted by Gasteiger charge is -2.61. The third-order valence-electron chi connectivity index (χ3n) is 13.2. The van der Waals surface area contributed by atoms with Crippen LogP contribution in [0.2, 0.25) is 0 Å². The van der Waals surface area contributed by atoms with Crippen LogP contribution in [0.1, 0.15) is 144 Å². The van der Waals surface area contributed by atoms with Crippen LogP contribution in [-0.2, 0) is 9.53 Å². The molecule has 0 aromatic carbocycles. The van der Waals surface area contributed by atoms with Crippen molar-refractivity contribution in [1.82, 2.24) is 0 Å². The van der Waals surface area contributed by atoms with Gasteiger partial charge in [-0.05, 0) is 135 Å². The zero-order valence-electron chi connectivity index (χ0n) is 26.0. The maximum atomic E-state index is 12.4. The van der Waals surface area contributed by atoms with Crippen LogP contribution in [0.4, 0.5) is 0 Å². The molecule has 38 heavy (non-hydrogen) atoms. The minimum Gasteiger partial charge on any atom is -0.462 e. The lowest BCUT2D eigenvalue weighted by molar-refractivity contribution is -0.162. The first-order chi connectivity index (χ1) is 18.1. The summed E-state index contributed by atoms with van der Waals surface area (Å²) in [4.78, 5) is 12.4. The largest absolute Gasteiger partial charge is 0.462 e. The summed E-state index contributed by atoms with van der Waals surface area (Å²) in [5.41, 5.74) is 1.01. The fourth-order valence-corrected chi connectivity index (χ4v) is 10.8. The number of hydrogen-bond donors (Lipinski definition) is 1. The van der Waals surface area contributed by atoms with E-state index in [4.69, 9.17) is 9.84 Å². The lowest BCUT2D eigenvalue weighted by atomic mass is 9.44. The van der Waals surface area contributed by atoms with Gasteiger partial charge in [0.1, 0.15) is 6.10 Å². The van der Waals surface area contributed by atoms with Crippen LogP contribution >= 0.6 is 0 Å². The molecular formula is C35H62O3. The Morgan fingerprint density at radius 1 is 0.895 bits per heavy atom. The molecule has 0 bridgehead atoms. The summed E-state index contributed by atoms with van der Waals surface area (Å²) < 4.78 is 5.99. The molecule has 4 aliphatic carbocycles. The molecule has 0 aliphatic heterocycles. The predicted octanol–water partition coefficient (Wildman–Crippen LogP) is 9.21. The number of carbonyl (C=O) groups is 1. The minimum absolute atomic E-state index is 0.0107. The molecule has 4 saturated carbocycles. The van der Waals surface area contributed by atoms with Gasteiger partial charge in [-0.3, -0.25) is 4.79 Å². The molecule has 0 aromatic heterocycles. The average Bonchev–Trinajstić information content (AvgIpc) is 3.24. The highest BCUT2D eigenvalue weighted by molar-refractivity contribution is 5.69. The highest BCUT2D eigenvalue weighted by Gasteiger charge is 2.60.